The van der Waals surface area contributed by atoms with E-state index in [-0.39, 0.29) is 19.2 Å². The van der Waals surface area contributed by atoms with Gasteiger partial charge in [0.15, 0.2) is 0 Å². The average molecular weight is 446 g/mol. The van der Waals surface area contributed by atoms with Gasteiger partial charge in [-0.15, -0.1) is 9.38 Å². The van der Waals surface area contributed by atoms with Crippen LogP contribution in [0, 0.1) is 5.92 Å². The van der Waals surface area contributed by atoms with Crippen LogP contribution in [0.3, 0.4) is 0 Å². The van der Waals surface area contributed by atoms with Crippen molar-refractivity contribution in [1.82, 2.24) is 41.0 Å². The van der Waals surface area contributed by atoms with E-state index >= 15 is 0 Å². The summed E-state index contributed by atoms with van der Waals surface area (Å²) < 4.78 is 36.7. The maximum Gasteiger partial charge on any atom is 0.418 e. The summed E-state index contributed by atoms with van der Waals surface area (Å²) in [6.45, 7) is 1.83. The Bertz CT molecular complexity index is 881. The number of carbonyl (C=O) groups excluding carboxylic acids is 2. The average Bonchev–Trinajstić information content (AvgIpc) is 3.40. The zero-order chi connectivity index (χ0) is 21.3. The number of hydrogen-bond donors (Lipinski definition) is 3. The third kappa shape index (κ3) is 4.67. The Morgan fingerprint density at radius 3 is 2.97 bits per heavy atom. The number of nitrogens with one attached hydrogen (secondary N) is 2. The van der Waals surface area contributed by atoms with Gasteiger partial charge in [-0.05, 0) is 35.6 Å². The second kappa shape index (κ2) is 8.38. The molecule has 4 heterocycles. The van der Waals surface area contributed by atoms with Crippen LogP contribution in [-0.4, -0.2) is 92.9 Å². The number of rotatable bonds is 8. The van der Waals surface area contributed by atoms with E-state index in [1.54, 1.807) is 11.0 Å². The Morgan fingerprint density at radius 2 is 2.23 bits per heavy atom. The minimum Gasteiger partial charge on any atom is -0.311 e. The molecule has 0 aliphatic carbocycles. The molecule has 1 aromatic rings. The van der Waals surface area contributed by atoms with Crippen LogP contribution in [0.15, 0.2) is 6.33 Å². The lowest BCUT2D eigenvalue weighted by molar-refractivity contribution is -0.139. The van der Waals surface area contributed by atoms with Gasteiger partial charge in [0.25, 0.3) is 5.91 Å². The zero-order valence-corrected chi connectivity index (χ0v) is 16.6. The van der Waals surface area contributed by atoms with Crippen molar-refractivity contribution in [3.63, 3.8) is 0 Å². The Morgan fingerprint density at radius 1 is 1.40 bits per heavy atom. The van der Waals surface area contributed by atoms with E-state index in [1.165, 1.54) is 4.90 Å². The smallest absolute Gasteiger partial charge is 0.311 e. The second-order valence-electron chi connectivity index (χ2n) is 7.53. The highest BCUT2D eigenvalue weighted by molar-refractivity contribution is 7.80. The number of amides is 3. The minimum absolute atomic E-state index is 0.0505. The summed E-state index contributed by atoms with van der Waals surface area (Å²) in [7, 11) is -4.83. The number of fused-ring (bicyclic) bond motifs is 2. The zero-order valence-electron chi connectivity index (χ0n) is 15.8. The van der Waals surface area contributed by atoms with Gasteiger partial charge < -0.3 is 10.2 Å². The molecule has 2 bridgehead atoms. The topological polar surface area (TPSA) is 181 Å². The number of piperidine rings is 1. The van der Waals surface area contributed by atoms with E-state index in [0.717, 1.165) is 13.0 Å². The minimum atomic E-state index is -4.83. The van der Waals surface area contributed by atoms with Gasteiger partial charge in [-0.25, -0.2) is 15.0 Å². The molecule has 0 radical (unpaired) electrons. The number of tetrazole rings is 1. The van der Waals surface area contributed by atoms with Gasteiger partial charge in [0.1, 0.15) is 12.4 Å². The van der Waals surface area contributed by atoms with Crippen LogP contribution >= 0.6 is 0 Å². The molecule has 3 saturated heterocycles. The van der Waals surface area contributed by atoms with Crippen LogP contribution in [-0.2, 0) is 30.9 Å². The molecule has 0 spiro atoms. The number of aromatic nitrogens is 4. The first-order valence-corrected chi connectivity index (χ1v) is 10.8. The maximum absolute atomic E-state index is 12.5. The van der Waals surface area contributed by atoms with Gasteiger partial charge in [0.05, 0.1) is 12.6 Å². The van der Waals surface area contributed by atoms with Crippen molar-refractivity contribution in [2.75, 3.05) is 19.7 Å². The molecule has 3 aliphatic rings. The molecule has 15 nitrogen and oxygen atoms in total. The molecule has 0 saturated carbocycles. The van der Waals surface area contributed by atoms with E-state index in [1.807, 2.05) is 0 Å². The molecule has 4 atom stereocenters. The van der Waals surface area contributed by atoms with Crippen molar-refractivity contribution < 1.29 is 31.7 Å². The molecule has 16 heteroatoms. The molecule has 3 aliphatic heterocycles. The Kier molecular flexibility index (Phi) is 5.83. The van der Waals surface area contributed by atoms with E-state index in [9.17, 15) is 18.0 Å². The summed E-state index contributed by atoms with van der Waals surface area (Å²) in [4.78, 5) is 31.3. The molecule has 1 aromatic heterocycles. The van der Waals surface area contributed by atoms with Crippen molar-refractivity contribution >= 4 is 22.3 Å². The molecule has 166 valence electrons. The number of carbonyl (C=O) groups is 2. The lowest BCUT2D eigenvalue weighted by Gasteiger charge is -2.29. The first kappa shape index (κ1) is 20.9. The van der Waals surface area contributed by atoms with Gasteiger partial charge in [0.2, 0.25) is 0 Å². The first-order chi connectivity index (χ1) is 14.3. The van der Waals surface area contributed by atoms with Crippen molar-refractivity contribution in [2.24, 2.45) is 5.92 Å². The van der Waals surface area contributed by atoms with E-state index in [2.05, 4.69) is 30.6 Å². The summed E-state index contributed by atoms with van der Waals surface area (Å²) in [6, 6.07) is -2.11. The molecule has 2 unspecified atom stereocenters. The monoisotopic (exact) mass is 446 g/mol. The van der Waals surface area contributed by atoms with Gasteiger partial charge in [0, 0.05) is 25.7 Å². The Balaban J connectivity index is 1.22. The second-order valence-corrected chi connectivity index (χ2v) is 8.53. The fourth-order valence-corrected chi connectivity index (χ4v) is 4.47. The largest absolute Gasteiger partial charge is 0.418 e. The Labute approximate surface area is 171 Å². The third-order valence-electron chi connectivity index (χ3n) is 5.41. The molecule has 3 amide bonds. The van der Waals surface area contributed by atoms with E-state index in [4.69, 9.17) is 9.39 Å². The molecular weight excluding hydrogens is 424 g/mol. The van der Waals surface area contributed by atoms with Gasteiger partial charge in [-0.3, -0.25) is 14.2 Å². The summed E-state index contributed by atoms with van der Waals surface area (Å²) in [5, 5.41) is 14.9. The summed E-state index contributed by atoms with van der Waals surface area (Å²) in [6.07, 6.45) is 3.04. The first-order valence-electron chi connectivity index (χ1n) is 9.43. The van der Waals surface area contributed by atoms with Gasteiger partial charge >= 0.3 is 16.4 Å². The molecular formula is C14H22N8O7S. The fraction of sp³-hybridized carbons (Fsp3) is 0.786. The lowest BCUT2D eigenvalue weighted by Crippen LogP contribution is -2.50. The quantitative estimate of drug-likeness (QED) is 0.288. The molecule has 4 rings (SSSR count). The molecule has 3 N–H and O–H groups in total. The number of urea groups is 1. The lowest BCUT2D eigenvalue weighted by atomic mass is 10.0. The standard InChI is InChI=1S/C14H22N8O7S/c23-13(12-2-1-11-6-21(12)14(24)22(11)29-30(25,26)27)17-28-7-10-3-9(4-15-10)5-20-8-16-18-19-20/h8-12,15H,1-7H2,(H,17,23)(H,25,26,27)/t9-,10-,11?,12?/m1/s1. The van der Waals surface area contributed by atoms with Crippen molar-refractivity contribution in [2.45, 2.75) is 43.9 Å². The van der Waals surface area contributed by atoms with E-state index in [0.29, 0.717) is 30.4 Å². The summed E-state index contributed by atoms with van der Waals surface area (Å²) >= 11 is 0. The summed E-state index contributed by atoms with van der Waals surface area (Å²) in [5.41, 5.74) is 2.37. The highest BCUT2D eigenvalue weighted by Gasteiger charge is 2.49. The van der Waals surface area contributed by atoms with Crippen LogP contribution in [0.4, 0.5) is 4.79 Å². The Hall–Kier alpha value is -2.40. The number of hydrogen-bond acceptors (Lipinski definition) is 10. The normalized spacial score (nSPS) is 28.9. The van der Waals surface area contributed by atoms with Crippen molar-refractivity contribution in [3.05, 3.63) is 6.33 Å². The van der Waals surface area contributed by atoms with Crippen LogP contribution < -0.4 is 10.8 Å². The van der Waals surface area contributed by atoms with Gasteiger partial charge in [-0.2, -0.15) is 13.5 Å². The SMILES string of the molecule is O=C(NOC[C@H]1C[C@@H](Cn2cnnn2)CN1)C1CCC2CN1C(=O)N2OS(=O)(=O)O. The predicted octanol–water partition coefficient (Wildman–Crippen LogP) is -2.30. The fourth-order valence-electron chi connectivity index (χ4n) is 4.08. The summed E-state index contributed by atoms with van der Waals surface area (Å²) in [5.74, 6) is -0.164. The van der Waals surface area contributed by atoms with Gasteiger partial charge in [-0.1, -0.05) is 0 Å². The third-order valence-corrected chi connectivity index (χ3v) is 5.76. The van der Waals surface area contributed by atoms with Crippen LogP contribution in [0.5, 0.6) is 0 Å². The molecule has 0 aromatic carbocycles. The number of hydroxylamine groups is 3. The molecule has 30 heavy (non-hydrogen) atoms. The van der Waals surface area contributed by atoms with Crippen LogP contribution in [0.25, 0.3) is 0 Å². The highest BCUT2D eigenvalue weighted by Crippen LogP contribution is 2.30. The maximum atomic E-state index is 12.5. The van der Waals surface area contributed by atoms with Crippen LogP contribution in [0.1, 0.15) is 19.3 Å². The van der Waals surface area contributed by atoms with Crippen molar-refractivity contribution in [1.29, 1.82) is 0 Å². The number of nitrogens with zero attached hydrogens (tertiary/aromatic N) is 6. The van der Waals surface area contributed by atoms with Crippen LogP contribution in [0.2, 0.25) is 0 Å². The molecule has 3 fully saturated rings. The van der Waals surface area contributed by atoms with E-state index < -0.39 is 34.4 Å². The predicted molar refractivity (Wildman–Crippen MR) is 95.2 cm³/mol. The van der Waals surface area contributed by atoms with Crippen molar-refractivity contribution in [3.8, 4) is 0 Å². The highest BCUT2D eigenvalue weighted by atomic mass is 32.3.